The summed E-state index contributed by atoms with van der Waals surface area (Å²) in [5.74, 6) is 0. The van der Waals surface area contributed by atoms with Crippen molar-refractivity contribution >= 4 is 56.6 Å². The Morgan fingerprint density at radius 1 is 0.789 bits per heavy atom. The summed E-state index contributed by atoms with van der Waals surface area (Å²) in [5, 5.41) is 0. The van der Waals surface area contributed by atoms with Crippen LogP contribution < -0.4 is 11.5 Å². The molecule has 0 fully saturated rings. The third-order valence-electron chi connectivity index (χ3n) is 3.42. The van der Waals surface area contributed by atoms with Gasteiger partial charge in [0.2, 0.25) is 0 Å². The Hall–Kier alpha value is -0.500. The van der Waals surface area contributed by atoms with Gasteiger partial charge in [-0.3, -0.25) is 0 Å². The molecule has 0 aliphatic heterocycles. The molecule has 4 N–H and O–H groups in total. The summed E-state index contributed by atoms with van der Waals surface area (Å²) in [6, 6.07) is 8.41. The summed E-state index contributed by atoms with van der Waals surface area (Å²) in [7, 11) is 0. The normalized spacial score (nSPS) is 10.7. The molecule has 100 valence electrons. The smallest absolute Gasteiger partial charge is 0.0357 e. The first-order valence-electron chi connectivity index (χ1n) is 5.97. The Bertz CT molecular complexity index is 581. The minimum absolute atomic E-state index is 0.859. The quantitative estimate of drug-likeness (QED) is 0.501. The Labute approximate surface area is 141 Å². The van der Waals surface area contributed by atoms with E-state index in [-0.39, 0.29) is 0 Å². The highest BCUT2D eigenvalue weighted by atomic mass is 127. The van der Waals surface area contributed by atoms with Crippen molar-refractivity contribution in [2.75, 3.05) is 11.5 Å². The lowest BCUT2D eigenvalue weighted by Crippen LogP contribution is -2.02. The minimum Gasteiger partial charge on any atom is -0.398 e. The van der Waals surface area contributed by atoms with Crippen molar-refractivity contribution in [3.05, 3.63) is 53.7 Å². The van der Waals surface area contributed by atoms with E-state index in [1.54, 1.807) is 0 Å². The van der Waals surface area contributed by atoms with E-state index in [0.717, 1.165) is 28.9 Å². The van der Waals surface area contributed by atoms with Crippen LogP contribution in [0.15, 0.2) is 24.3 Å². The van der Waals surface area contributed by atoms with Gasteiger partial charge in [0, 0.05) is 18.5 Å². The van der Waals surface area contributed by atoms with E-state index in [1.807, 2.05) is 12.1 Å². The molecule has 0 saturated heterocycles. The summed E-state index contributed by atoms with van der Waals surface area (Å²) in [6.45, 7) is 4.15. The average Bonchev–Trinajstić information content (AvgIpc) is 2.31. The van der Waals surface area contributed by atoms with Crippen molar-refractivity contribution in [1.82, 2.24) is 0 Å². The largest absolute Gasteiger partial charge is 0.398 e. The van der Waals surface area contributed by atoms with Gasteiger partial charge in [0.25, 0.3) is 0 Å². The van der Waals surface area contributed by atoms with Crippen LogP contribution in [0.2, 0.25) is 0 Å². The topological polar surface area (TPSA) is 52.0 Å². The first-order valence-corrected chi connectivity index (χ1v) is 8.13. The second-order valence-electron chi connectivity index (χ2n) is 4.74. The number of anilines is 2. The van der Waals surface area contributed by atoms with Crippen LogP contribution in [0.1, 0.15) is 22.3 Å². The van der Waals surface area contributed by atoms with Crippen molar-refractivity contribution in [2.24, 2.45) is 0 Å². The maximum Gasteiger partial charge on any atom is 0.0357 e. The lowest BCUT2D eigenvalue weighted by molar-refractivity contribution is 1.13. The Morgan fingerprint density at radius 2 is 1.16 bits per heavy atom. The van der Waals surface area contributed by atoms with E-state index >= 15 is 0 Å². The van der Waals surface area contributed by atoms with Crippen LogP contribution in [0.3, 0.4) is 0 Å². The molecule has 2 rings (SSSR count). The lowest BCUT2D eigenvalue weighted by Gasteiger charge is -2.13. The third-order valence-corrected chi connectivity index (χ3v) is 4.67. The molecule has 0 atom stereocenters. The van der Waals surface area contributed by atoms with Crippen LogP contribution in [0, 0.1) is 21.0 Å². The van der Waals surface area contributed by atoms with Gasteiger partial charge in [0.05, 0.1) is 0 Å². The summed E-state index contributed by atoms with van der Waals surface area (Å²) in [6.07, 6.45) is 0.875. The van der Waals surface area contributed by atoms with Gasteiger partial charge in [-0.1, -0.05) is 0 Å². The second kappa shape index (κ2) is 5.87. The van der Waals surface area contributed by atoms with E-state index in [4.69, 9.17) is 11.5 Å². The van der Waals surface area contributed by atoms with Crippen LogP contribution in [-0.4, -0.2) is 0 Å². The molecule has 0 saturated carbocycles. The standard InChI is InChI=1S/C15H16I2N2/c1-8-10(4-12(16)6-14(8)18)3-11-5-13(17)7-15(19)9(11)2/h4-7H,3,18-19H2,1-2H3. The lowest BCUT2D eigenvalue weighted by atomic mass is 9.96. The third kappa shape index (κ3) is 3.34. The number of hydrogen-bond acceptors (Lipinski definition) is 2. The summed E-state index contributed by atoms with van der Waals surface area (Å²) in [4.78, 5) is 0. The Morgan fingerprint density at radius 3 is 1.53 bits per heavy atom. The molecule has 2 aromatic rings. The molecule has 0 radical (unpaired) electrons. The average molecular weight is 478 g/mol. The zero-order chi connectivity index (χ0) is 14.2. The van der Waals surface area contributed by atoms with Crippen molar-refractivity contribution in [2.45, 2.75) is 20.3 Å². The minimum atomic E-state index is 0.859. The molecule has 2 aromatic carbocycles. The molecular formula is C15H16I2N2. The Balaban J connectivity index is 2.47. The Kier molecular flexibility index (Phi) is 4.60. The molecule has 0 aliphatic carbocycles. The second-order valence-corrected chi connectivity index (χ2v) is 7.23. The van der Waals surface area contributed by atoms with Crippen molar-refractivity contribution in [3.8, 4) is 0 Å². The highest BCUT2D eigenvalue weighted by Crippen LogP contribution is 2.27. The number of hydrogen-bond donors (Lipinski definition) is 2. The van der Waals surface area contributed by atoms with Gasteiger partial charge in [0.15, 0.2) is 0 Å². The van der Waals surface area contributed by atoms with Crippen LogP contribution in [0.5, 0.6) is 0 Å². The van der Waals surface area contributed by atoms with E-state index in [0.29, 0.717) is 0 Å². The molecule has 0 aliphatic rings. The summed E-state index contributed by atoms with van der Waals surface area (Å²) >= 11 is 4.61. The maximum atomic E-state index is 6.04. The van der Waals surface area contributed by atoms with Gasteiger partial charge in [-0.2, -0.15) is 0 Å². The fourth-order valence-electron chi connectivity index (χ4n) is 2.09. The van der Waals surface area contributed by atoms with Gasteiger partial charge in [-0.15, -0.1) is 0 Å². The van der Waals surface area contributed by atoms with Crippen molar-refractivity contribution < 1.29 is 0 Å². The molecular weight excluding hydrogens is 462 g/mol. The van der Waals surface area contributed by atoms with Crippen molar-refractivity contribution in [3.63, 3.8) is 0 Å². The SMILES string of the molecule is Cc1c(N)cc(I)cc1Cc1cc(I)cc(N)c1C. The van der Waals surface area contributed by atoms with Gasteiger partial charge >= 0.3 is 0 Å². The highest BCUT2D eigenvalue weighted by molar-refractivity contribution is 14.1. The van der Waals surface area contributed by atoms with Gasteiger partial charge in [0.1, 0.15) is 0 Å². The van der Waals surface area contributed by atoms with Crippen LogP contribution in [-0.2, 0) is 6.42 Å². The van der Waals surface area contributed by atoms with Crippen LogP contribution in [0.4, 0.5) is 11.4 Å². The highest BCUT2D eigenvalue weighted by Gasteiger charge is 2.09. The molecule has 0 aromatic heterocycles. The van der Waals surface area contributed by atoms with E-state index in [2.05, 4.69) is 71.2 Å². The first kappa shape index (κ1) is 14.9. The molecule has 4 heteroatoms. The number of nitrogen functional groups attached to an aromatic ring is 2. The zero-order valence-corrected chi connectivity index (χ0v) is 15.2. The molecule has 0 unspecified atom stereocenters. The molecule has 0 amide bonds. The number of benzene rings is 2. The molecule has 2 nitrogen and oxygen atoms in total. The monoisotopic (exact) mass is 478 g/mol. The van der Waals surface area contributed by atoms with E-state index < -0.39 is 0 Å². The molecule has 0 heterocycles. The predicted octanol–water partition coefficient (Wildman–Crippen LogP) is 4.27. The van der Waals surface area contributed by atoms with Gasteiger partial charge in [-0.05, 0) is 112 Å². The zero-order valence-electron chi connectivity index (χ0n) is 10.9. The number of halogens is 2. The van der Waals surface area contributed by atoms with Crippen LogP contribution in [0.25, 0.3) is 0 Å². The van der Waals surface area contributed by atoms with Gasteiger partial charge in [-0.25, -0.2) is 0 Å². The predicted molar refractivity (Wildman–Crippen MR) is 99.4 cm³/mol. The fourth-order valence-corrected chi connectivity index (χ4v) is 3.51. The molecule has 0 bridgehead atoms. The van der Waals surface area contributed by atoms with Crippen molar-refractivity contribution in [1.29, 1.82) is 0 Å². The maximum absolute atomic E-state index is 6.04. The number of rotatable bonds is 2. The molecule has 0 spiro atoms. The van der Waals surface area contributed by atoms with Gasteiger partial charge < -0.3 is 11.5 Å². The van der Waals surface area contributed by atoms with E-state index in [9.17, 15) is 0 Å². The first-order chi connectivity index (χ1) is 8.88. The summed E-state index contributed by atoms with van der Waals surface area (Å²) in [5.41, 5.74) is 18.7. The fraction of sp³-hybridized carbons (Fsp3) is 0.200. The number of nitrogens with two attached hydrogens (primary N) is 2. The van der Waals surface area contributed by atoms with E-state index in [1.165, 1.54) is 18.3 Å². The summed E-state index contributed by atoms with van der Waals surface area (Å²) < 4.78 is 2.35. The molecule has 19 heavy (non-hydrogen) atoms. The van der Waals surface area contributed by atoms with Crippen LogP contribution >= 0.6 is 45.2 Å².